The van der Waals surface area contributed by atoms with Crippen LogP contribution in [0.2, 0.25) is 5.02 Å². The summed E-state index contributed by atoms with van der Waals surface area (Å²) in [6.07, 6.45) is 4.87. The summed E-state index contributed by atoms with van der Waals surface area (Å²) in [7, 11) is 2.84. The molecule has 34 heavy (non-hydrogen) atoms. The van der Waals surface area contributed by atoms with E-state index < -0.39 is 17.6 Å². The highest BCUT2D eigenvalue weighted by Gasteiger charge is 2.16. The quantitative estimate of drug-likeness (QED) is 0.177. The van der Waals surface area contributed by atoms with Crippen LogP contribution in [-0.2, 0) is 14.3 Å². The Balaban J connectivity index is 1.90. The number of ketones is 1. The molecule has 2 heterocycles. The van der Waals surface area contributed by atoms with E-state index in [0.29, 0.717) is 35.8 Å². The highest BCUT2D eigenvalue weighted by Crippen LogP contribution is 2.28. The number of nitrogens with one attached hydrogen (secondary N) is 2. The lowest BCUT2D eigenvalue weighted by Gasteiger charge is -2.14. The van der Waals surface area contributed by atoms with E-state index in [1.165, 1.54) is 31.5 Å². The molecule has 0 saturated heterocycles. The first-order chi connectivity index (χ1) is 16.4. The summed E-state index contributed by atoms with van der Waals surface area (Å²) in [4.78, 5) is 36.8. The van der Waals surface area contributed by atoms with E-state index in [9.17, 15) is 14.0 Å². The molecule has 0 aliphatic heterocycles. The summed E-state index contributed by atoms with van der Waals surface area (Å²) < 4.78 is 23.1. The van der Waals surface area contributed by atoms with E-state index in [2.05, 4.69) is 30.3 Å². The normalized spacial score (nSPS) is 10.6. The number of anilines is 3. The summed E-state index contributed by atoms with van der Waals surface area (Å²) >= 11 is 5.85. The van der Waals surface area contributed by atoms with Gasteiger partial charge in [0.15, 0.2) is 5.78 Å². The van der Waals surface area contributed by atoms with E-state index in [-0.39, 0.29) is 23.0 Å². The second-order valence-corrected chi connectivity index (χ2v) is 7.53. The highest BCUT2D eigenvalue weighted by molar-refractivity contribution is 6.31. The predicted molar refractivity (Wildman–Crippen MR) is 126 cm³/mol. The standard InChI is InChI=1S/C23H23ClFN5O4/c1-33-7-3-6-27-22-17(14-8-15(12-26-11-14)20(31)10-21(32)34-2)13-28-23(30-22)29-16-4-5-19(25)18(24)9-16/h4-5,8-9,11-13H,3,6-7,10H2,1-2H3,(H2,27,28,29,30). The molecule has 11 heteroatoms. The largest absolute Gasteiger partial charge is 0.469 e. The van der Waals surface area contributed by atoms with Crippen LogP contribution in [0.3, 0.4) is 0 Å². The number of Topliss-reactive ketones (excluding diaryl/α,β-unsaturated/α-hetero) is 1. The first kappa shape index (κ1) is 25.0. The van der Waals surface area contributed by atoms with Crippen molar-refractivity contribution in [3.63, 3.8) is 0 Å². The topological polar surface area (TPSA) is 115 Å². The second-order valence-electron chi connectivity index (χ2n) is 7.12. The van der Waals surface area contributed by atoms with Gasteiger partial charge in [-0.05, 0) is 30.7 Å². The van der Waals surface area contributed by atoms with Crippen molar-refractivity contribution in [3.05, 3.63) is 59.3 Å². The number of carbonyl (C=O) groups excluding carboxylic acids is 2. The minimum atomic E-state index is -0.629. The number of benzene rings is 1. The molecular formula is C23H23ClFN5O4. The molecule has 178 valence electrons. The number of pyridine rings is 1. The fourth-order valence-electron chi connectivity index (χ4n) is 2.96. The van der Waals surface area contributed by atoms with Crippen molar-refractivity contribution in [2.75, 3.05) is 38.0 Å². The Morgan fingerprint density at radius 3 is 2.71 bits per heavy atom. The van der Waals surface area contributed by atoms with Crippen molar-refractivity contribution in [3.8, 4) is 11.1 Å². The van der Waals surface area contributed by atoms with Crippen LogP contribution in [0, 0.1) is 5.82 Å². The van der Waals surface area contributed by atoms with Crippen molar-refractivity contribution in [2.45, 2.75) is 12.8 Å². The lowest BCUT2D eigenvalue weighted by Crippen LogP contribution is -2.11. The maximum Gasteiger partial charge on any atom is 0.313 e. The van der Waals surface area contributed by atoms with Gasteiger partial charge in [-0.2, -0.15) is 4.98 Å². The van der Waals surface area contributed by atoms with Crippen molar-refractivity contribution >= 4 is 40.8 Å². The molecule has 0 amide bonds. The molecule has 1 aromatic carbocycles. The predicted octanol–water partition coefficient (Wildman–Crippen LogP) is 4.27. The molecule has 3 aromatic rings. The minimum Gasteiger partial charge on any atom is -0.469 e. The summed E-state index contributed by atoms with van der Waals surface area (Å²) in [5.74, 6) is -0.829. The second kappa shape index (κ2) is 12.0. The molecule has 0 aliphatic carbocycles. The van der Waals surface area contributed by atoms with E-state index in [0.717, 1.165) is 6.42 Å². The smallest absolute Gasteiger partial charge is 0.313 e. The zero-order valence-corrected chi connectivity index (χ0v) is 19.4. The Hall–Kier alpha value is -3.63. The van der Waals surface area contributed by atoms with Gasteiger partial charge in [-0.15, -0.1) is 0 Å². The van der Waals surface area contributed by atoms with Crippen LogP contribution in [0.15, 0.2) is 42.9 Å². The van der Waals surface area contributed by atoms with Gasteiger partial charge in [0.1, 0.15) is 18.1 Å². The van der Waals surface area contributed by atoms with Crippen molar-refractivity contribution in [2.24, 2.45) is 0 Å². The zero-order valence-electron chi connectivity index (χ0n) is 18.6. The molecule has 0 aliphatic rings. The Morgan fingerprint density at radius 2 is 1.97 bits per heavy atom. The molecule has 2 aromatic heterocycles. The molecule has 0 fully saturated rings. The lowest BCUT2D eigenvalue weighted by atomic mass is 10.0. The monoisotopic (exact) mass is 487 g/mol. The Morgan fingerprint density at radius 1 is 1.15 bits per heavy atom. The maximum atomic E-state index is 13.5. The van der Waals surface area contributed by atoms with Crippen LogP contribution >= 0.6 is 11.6 Å². The third kappa shape index (κ3) is 6.69. The van der Waals surface area contributed by atoms with Gasteiger partial charge in [0.25, 0.3) is 0 Å². The van der Waals surface area contributed by atoms with Gasteiger partial charge in [-0.1, -0.05) is 11.6 Å². The molecule has 9 nitrogen and oxygen atoms in total. The Bertz CT molecular complexity index is 1180. The van der Waals surface area contributed by atoms with Crippen molar-refractivity contribution in [1.29, 1.82) is 0 Å². The van der Waals surface area contributed by atoms with E-state index in [1.54, 1.807) is 25.6 Å². The summed E-state index contributed by atoms with van der Waals surface area (Å²) in [5.41, 5.74) is 1.96. The van der Waals surface area contributed by atoms with Crippen LogP contribution in [0.1, 0.15) is 23.2 Å². The zero-order chi connectivity index (χ0) is 24.5. The highest BCUT2D eigenvalue weighted by atomic mass is 35.5. The van der Waals surface area contributed by atoms with Crippen LogP contribution in [0.25, 0.3) is 11.1 Å². The molecule has 0 unspecified atom stereocenters. The fourth-order valence-corrected chi connectivity index (χ4v) is 3.14. The van der Waals surface area contributed by atoms with Crippen LogP contribution < -0.4 is 10.6 Å². The summed E-state index contributed by atoms with van der Waals surface area (Å²) in [5, 5.41) is 6.20. The fraction of sp³-hybridized carbons (Fsp3) is 0.261. The number of hydrogen-bond donors (Lipinski definition) is 2. The lowest BCUT2D eigenvalue weighted by molar-refractivity contribution is -0.139. The van der Waals surface area contributed by atoms with E-state index in [4.69, 9.17) is 16.3 Å². The first-order valence-electron chi connectivity index (χ1n) is 10.3. The molecule has 0 saturated carbocycles. The van der Waals surface area contributed by atoms with E-state index in [1.807, 2.05) is 0 Å². The number of hydrogen-bond acceptors (Lipinski definition) is 9. The maximum absolute atomic E-state index is 13.5. The van der Waals surface area contributed by atoms with Gasteiger partial charge in [-0.25, -0.2) is 9.37 Å². The van der Waals surface area contributed by atoms with Crippen LogP contribution in [0.4, 0.5) is 21.8 Å². The van der Waals surface area contributed by atoms with E-state index >= 15 is 0 Å². The number of rotatable bonds is 11. The third-order valence-electron chi connectivity index (χ3n) is 4.69. The van der Waals surface area contributed by atoms with Gasteiger partial charge in [0, 0.05) is 61.2 Å². The third-order valence-corrected chi connectivity index (χ3v) is 4.98. The number of ether oxygens (including phenoxy) is 2. The Kier molecular flexibility index (Phi) is 8.83. The molecule has 0 spiro atoms. The molecule has 2 N–H and O–H groups in total. The molecular weight excluding hydrogens is 465 g/mol. The molecule has 3 rings (SSSR count). The Labute approximate surface area is 200 Å². The van der Waals surface area contributed by atoms with Gasteiger partial charge in [-0.3, -0.25) is 14.6 Å². The van der Waals surface area contributed by atoms with Crippen LogP contribution in [0.5, 0.6) is 0 Å². The van der Waals surface area contributed by atoms with Crippen LogP contribution in [-0.4, -0.2) is 54.1 Å². The SMILES string of the molecule is COCCCNc1nc(Nc2ccc(F)c(Cl)c2)ncc1-c1cncc(C(=O)CC(=O)OC)c1. The van der Waals surface area contributed by atoms with Crippen molar-refractivity contribution < 1.29 is 23.5 Å². The molecule has 0 radical (unpaired) electrons. The number of methoxy groups -OCH3 is 2. The van der Waals surface area contributed by atoms with Gasteiger partial charge in [0.2, 0.25) is 5.95 Å². The van der Waals surface area contributed by atoms with Gasteiger partial charge in [0.05, 0.1) is 12.1 Å². The van der Waals surface area contributed by atoms with Gasteiger partial charge >= 0.3 is 5.97 Å². The van der Waals surface area contributed by atoms with Gasteiger partial charge < -0.3 is 20.1 Å². The molecule has 0 atom stereocenters. The van der Waals surface area contributed by atoms with Crippen molar-refractivity contribution in [1.82, 2.24) is 15.0 Å². The molecule has 0 bridgehead atoms. The number of halogens is 2. The average Bonchev–Trinajstić information content (AvgIpc) is 2.84. The number of nitrogens with zero attached hydrogens (tertiary/aromatic N) is 3. The number of carbonyl (C=O) groups is 2. The summed E-state index contributed by atoms with van der Waals surface area (Å²) in [6, 6.07) is 5.81. The average molecular weight is 488 g/mol. The number of aromatic nitrogens is 3. The summed E-state index contributed by atoms with van der Waals surface area (Å²) in [6.45, 7) is 1.12. The first-order valence-corrected chi connectivity index (χ1v) is 10.7. The minimum absolute atomic E-state index is 0.0287. The number of esters is 1.